The van der Waals surface area contributed by atoms with Gasteiger partial charge in [0.25, 0.3) is 0 Å². The number of benzene rings is 1. The van der Waals surface area contributed by atoms with E-state index < -0.39 is 0 Å². The van der Waals surface area contributed by atoms with Crippen LogP contribution in [0, 0.1) is 0 Å². The Bertz CT molecular complexity index is 609. The van der Waals surface area contributed by atoms with Crippen molar-refractivity contribution in [2.75, 3.05) is 18.0 Å². The Balaban J connectivity index is 1.84. The first-order valence-electron chi connectivity index (χ1n) is 7.64. The molecule has 0 amide bonds. The Morgan fingerprint density at radius 1 is 1.19 bits per heavy atom. The van der Waals surface area contributed by atoms with Gasteiger partial charge in [-0.15, -0.1) is 0 Å². The molecule has 1 aliphatic rings. The summed E-state index contributed by atoms with van der Waals surface area (Å²) >= 11 is 0. The molecule has 2 heterocycles. The van der Waals surface area contributed by atoms with Gasteiger partial charge < -0.3 is 10.6 Å². The lowest BCUT2D eigenvalue weighted by Crippen LogP contribution is -2.40. The van der Waals surface area contributed by atoms with Gasteiger partial charge in [-0.1, -0.05) is 44.2 Å². The third-order valence-electron chi connectivity index (χ3n) is 4.40. The first-order chi connectivity index (χ1) is 10.1. The minimum Gasteiger partial charge on any atom is -0.354 e. The smallest absolute Gasteiger partial charge is 0.128 e. The standard InChI is InChI=1S/C18H23N3/c1-14(2)15-6-5-7-16(12-15)18(19)9-11-21(13-18)17-8-3-4-10-20-17/h3-8,10,12,14H,9,11,13,19H2,1-2H3. The van der Waals surface area contributed by atoms with Crippen LogP contribution in [0.1, 0.15) is 37.3 Å². The molecule has 1 unspecified atom stereocenters. The van der Waals surface area contributed by atoms with Crippen molar-refractivity contribution in [2.45, 2.75) is 31.7 Å². The minimum absolute atomic E-state index is 0.275. The van der Waals surface area contributed by atoms with Gasteiger partial charge >= 0.3 is 0 Å². The molecule has 110 valence electrons. The zero-order valence-electron chi connectivity index (χ0n) is 12.8. The number of nitrogens with two attached hydrogens (primary N) is 1. The predicted molar refractivity (Wildman–Crippen MR) is 87.5 cm³/mol. The van der Waals surface area contributed by atoms with E-state index in [1.807, 2.05) is 18.3 Å². The minimum atomic E-state index is -0.275. The molecule has 1 aromatic carbocycles. The molecule has 0 saturated carbocycles. The van der Waals surface area contributed by atoms with Crippen molar-refractivity contribution in [3.05, 3.63) is 59.8 Å². The Labute approximate surface area is 126 Å². The molecule has 0 aliphatic carbocycles. The molecule has 1 saturated heterocycles. The van der Waals surface area contributed by atoms with E-state index >= 15 is 0 Å². The molecule has 2 aromatic rings. The summed E-state index contributed by atoms with van der Waals surface area (Å²) in [5.74, 6) is 1.55. The number of hydrogen-bond donors (Lipinski definition) is 1. The molecule has 1 atom stereocenters. The normalized spacial score (nSPS) is 22.0. The number of aromatic nitrogens is 1. The van der Waals surface area contributed by atoms with Crippen LogP contribution in [0.3, 0.4) is 0 Å². The van der Waals surface area contributed by atoms with Crippen LogP contribution < -0.4 is 10.6 Å². The van der Waals surface area contributed by atoms with E-state index in [-0.39, 0.29) is 5.54 Å². The van der Waals surface area contributed by atoms with Gasteiger partial charge in [-0.2, -0.15) is 0 Å². The molecule has 1 fully saturated rings. The van der Waals surface area contributed by atoms with Crippen molar-refractivity contribution >= 4 is 5.82 Å². The monoisotopic (exact) mass is 281 g/mol. The molecule has 3 nitrogen and oxygen atoms in total. The van der Waals surface area contributed by atoms with Crippen molar-refractivity contribution in [1.29, 1.82) is 0 Å². The van der Waals surface area contributed by atoms with Gasteiger partial charge in [0.1, 0.15) is 5.82 Å². The van der Waals surface area contributed by atoms with Gasteiger partial charge in [-0.05, 0) is 35.6 Å². The Morgan fingerprint density at radius 3 is 2.76 bits per heavy atom. The number of pyridine rings is 1. The molecule has 3 rings (SSSR count). The zero-order valence-corrected chi connectivity index (χ0v) is 12.8. The number of anilines is 1. The molecule has 1 aliphatic heterocycles. The molecule has 0 spiro atoms. The molecule has 21 heavy (non-hydrogen) atoms. The van der Waals surface area contributed by atoms with E-state index in [4.69, 9.17) is 5.73 Å². The molecule has 1 aromatic heterocycles. The van der Waals surface area contributed by atoms with E-state index in [9.17, 15) is 0 Å². The van der Waals surface area contributed by atoms with E-state index in [1.165, 1.54) is 11.1 Å². The zero-order chi connectivity index (χ0) is 14.9. The van der Waals surface area contributed by atoms with Gasteiger partial charge in [0.05, 0.1) is 5.54 Å². The van der Waals surface area contributed by atoms with Crippen LogP contribution in [-0.4, -0.2) is 18.1 Å². The van der Waals surface area contributed by atoms with Crippen molar-refractivity contribution < 1.29 is 0 Å². The third-order valence-corrected chi connectivity index (χ3v) is 4.40. The van der Waals surface area contributed by atoms with Crippen LogP contribution in [0.15, 0.2) is 48.7 Å². The maximum Gasteiger partial charge on any atom is 0.128 e. The van der Waals surface area contributed by atoms with Crippen molar-refractivity contribution in [2.24, 2.45) is 5.73 Å². The van der Waals surface area contributed by atoms with Gasteiger partial charge in [0.2, 0.25) is 0 Å². The summed E-state index contributed by atoms with van der Waals surface area (Å²) in [6, 6.07) is 14.8. The van der Waals surface area contributed by atoms with Crippen molar-refractivity contribution in [3.8, 4) is 0 Å². The topological polar surface area (TPSA) is 42.1 Å². The van der Waals surface area contributed by atoms with Gasteiger partial charge in [-0.3, -0.25) is 0 Å². The fraction of sp³-hybridized carbons (Fsp3) is 0.389. The Morgan fingerprint density at radius 2 is 2.05 bits per heavy atom. The summed E-state index contributed by atoms with van der Waals surface area (Å²) in [6.07, 6.45) is 2.80. The van der Waals surface area contributed by atoms with E-state index in [2.05, 4.69) is 54.1 Å². The molecule has 3 heteroatoms. The quantitative estimate of drug-likeness (QED) is 0.939. The highest BCUT2D eigenvalue weighted by molar-refractivity contribution is 5.43. The second-order valence-corrected chi connectivity index (χ2v) is 6.30. The Hall–Kier alpha value is -1.87. The lowest BCUT2D eigenvalue weighted by atomic mass is 9.87. The van der Waals surface area contributed by atoms with Crippen molar-refractivity contribution in [1.82, 2.24) is 4.98 Å². The first-order valence-corrected chi connectivity index (χ1v) is 7.64. The lowest BCUT2D eigenvalue weighted by molar-refractivity contribution is 0.498. The maximum absolute atomic E-state index is 6.71. The lowest BCUT2D eigenvalue weighted by Gasteiger charge is -2.26. The molecule has 2 N–H and O–H groups in total. The Kier molecular flexibility index (Phi) is 3.68. The summed E-state index contributed by atoms with van der Waals surface area (Å²) < 4.78 is 0. The number of rotatable bonds is 3. The van der Waals surface area contributed by atoms with Gasteiger partial charge in [-0.25, -0.2) is 4.98 Å². The van der Waals surface area contributed by atoms with Crippen LogP contribution in [0.25, 0.3) is 0 Å². The summed E-state index contributed by atoms with van der Waals surface area (Å²) in [6.45, 7) is 6.22. The van der Waals surface area contributed by atoms with Crippen LogP contribution in [0.5, 0.6) is 0 Å². The first kappa shape index (κ1) is 14.1. The molecule has 0 radical (unpaired) electrons. The summed E-state index contributed by atoms with van der Waals surface area (Å²) in [5.41, 5.74) is 9.03. The van der Waals surface area contributed by atoms with E-state index in [0.29, 0.717) is 5.92 Å². The number of hydrogen-bond acceptors (Lipinski definition) is 3. The third kappa shape index (κ3) is 2.79. The largest absolute Gasteiger partial charge is 0.354 e. The van der Waals surface area contributed by atoms with Crippen molar-refractivity contribution in [3.63, 3.8) is 0 Å². The fourth-order valence-corrected chi connectivity index (χ4v) is 3.01. The van der Waals surface area contributed by atoms with Crippen LogP contribution in [-0.2, 0) is 5.54 Å². The summed E-state index contributed by atoms with van der Waals surface area (Å²) in [4.78, 5) is 6.72. The highest BCUT2D eigenvalue weighted by atomic mass is 15.2. The average molecular weight is 281 g/mol. The second-order valence-electron chi connectivity index (χ2n) is 6.30. The van der Waals surface area contributed by atoms with Gasteiger partial charge in [0.15, 0.2) is 0 Å². The highest BCUT2D eigenvalue weighted by Gasteiger charge is 2.36. The van der Waals surface area contributed by atoms with Crippen LogP contribution in [0.4, 0.5) is 5.82 Å². The second kappa shape index (κ2) is 5.49. The van der Waals surface area contributed by atoms with E-state index in [1.54, 1.807) is 0 Å². The molecule has 0 bridgehead atoms. The molecular formula is C18H23N3. The van der Waals surface area contributed by atoms with Crippen LogP contribution >= 0.6 is 0 Å². The predicted octanol–water partition coefficient (Wildman–Crippen LogP) is 3.27. The van der Waals surface area contributed by atoms with E-state index in [0.717, 1.165) is 25.3 Å². The van der Waals surface area contributed by atoms with Gasteiger partial charge in [0, 0.05) is 19.3 Å². The summed E-state index contributed by atoms with van der Waals surface area (Å²) in [7, 11) is 0. The fourth-order valence-electron chi connectivity index (χ4n) is 3.01. The average Bonchev–Trinajstić information content (AvgIpc) is 2.92. The highest BCUT2D eigenvalue weighted by Crippen LogP contribution is 2.33. The van der Waals surface area contributed by atoms with Crippen LogP contribution in [0.2, 0.25) is 0 Å². The summed E-state index contributed by atoms with van der Waals surface area (Å²) in [5, 5.41) is 0. The number of nitrogens with zero attached hydrogens (tertiary/aromatic N) is 2. The maximum atomic E-state index is 6.71. The SMILES string of the molecule is CC(C)c1cccc(C2(N)CCN(c3ccccn3)C2)c1. The molecular weight excluding hydrogens is 258 g/mol.